The number of esters is 1. The molecular weight excluding hydrogens is 474 g/mol. The van der Waals surface area contributed by atoms with E-state index in [9.17, 15) is 19.2 Å². The van der Waals surface area contributed by atoms with Crippen molar-refractivity contribution in [3.05, 3.63) is 45.8 Å². The van der Waals surface area contributed by atoms with Gasteiger partial charge in [0, 0.05) is 22.9 Å². The van der Waals surface area contributed by atoms with Gasteiger partial charge in [0.25, 0.3) is 11.8 Å². The van der Waals surface area contributed by atoms with Gasteiger partial charge in [-0.05, 0) is 56.2 Å². The molecule has 0 saturated carbocycles. The third-order valence-electron chi connectivity index (χ3n) is 5.92. The van der Waals surface area contributed by atoms with Crippen molar-refractivity contribution < 1.29 is 23.9 Å². The number of nitrogens with two attached hydrogens (primary N) is 1. The Morgan fingerprint density at radius 2 is 1.79 bits per heavy atom. The van der Waals surface area contributed by atoms with Crippen molar-refractivity contribution in [2.45, 2.75) is 43.4 Å². The number of anilines is 1. The Hall–Kier alpha value is -2.85. The minimum Gasteiger partial charge on any atom is -0.452 e. The van der Waals surface area contributed by atoms with Crippen LogP contribution >= 0.6 is 23.1 Å². The molecular formula is C24H27N3O5S2. The van der Waals surface area contributed by atoms with Crippen LogP contribution in [0.5, 0.6) is 0 Å². The molecule has 1 aliphatic carbocycles. The van der Waals surface area contributed by atoms with E-state index >= 15 is 0 Å². The van der Waals surface area contributed by atoms with Gasteiger partial charge in [0.2, 0.25) is 5.91 Å². The molecule has 0 radical (unpaired) electrons. The molecule has 0 bridgehead atoms. The molecule has 180 valence electrons. The van der Waals surface area contributed by atoms with E-state index in [1.165, 1.54) is 23.1 Å². The van der Waals surface area contributed by atoms with Gasteiger partial charge < -0.3 is 20.7 Å². The Morgan fingerprint density at radius 1 is 1.06 bits per heavy atom. The summed E-state index contributed by atoms with van der Waals surface area (Å²) in [5, 5.41) is 3.10. The monoisotopic (exact) mass is 501 g/mol. The number of rotatable bonds is 8. The lowest BCUT2D eigenvalue weighted by Gasteiger charge is -2.15. The van der Waals surface area contributed by atoms with Gasteiger partial charge in [-0.15, -0.1) is 23.1 Å². The average Bonchev–Trinajstić information content (AvgIpc) is 3.49. The van der Waals surface area contributed by atoms with Gasteiger partial charge in [-0.1, -0.05) is 12.1 Å². The second-order valence-corrected chi connectivity index (χ2v) is 10.4. The van der Waals surface area contributed by atoms with Crippen LogP contribution in [-0.4, -0.2) is 54.0 Å². The molecule has 0 atom stereocenters. The number of hydrogen-bond acceptors (Lipinski definition) is 7. The third kappa shape index (κ3) is 5.61. The smallest absolute Gasteiger partial charge is 0.339 e. The highest BCUT2D eigenvalue weighted by molar-refractivity contribution is 8.00. The van der Waals surface area contributed by atoms with E-state index in [1.807, 2.05) is 4.90 Å². The van der Waals surface area contributed by atoms with Gasteiger partial charge in [0.05, 0.1) is 16.9 Å². The van der Waals surface area contributed by atoms with Crippen LogP contribution < -0.4 is 11.1 Å². The first kappa shape index (κ1) is 24.3. The van der Waals surface area contributed by atoms with Gasteiger partial charge in [0.15, 0.2) is 6.61 Å². The van der Waals surface area contributed by atoms with Crippen LogP contribution in [0.1, 0.15) is 56.8 Å². The fourth-order valence-corrected chi connectivity index (χ4v) is 6.50. The first-order valence-corrected chi connectivity index (χ1v) is 13.1. The van der Waals surface area contributed by atoms with Gasteiger partial charge in [0.1, 0.15) is 5.00 Å². The number of likely N-dealkylation sites (tertiary alicyclic amines) is 1. The molecule has 8 nitrogen and oxygen atoms in total. The van der Waals surface area contributed by atoms with Crippen molar-refractivity contribution in [3.8, 4) is 0 Å². The maximum atomic E-state index is 12.7. The molecule has 4 rings (SSSR count). The lowest BCUT2D eigenvalue weighted by molar-refractivity contribution is -0.127. The van der Waals surface area contributed by atoms with Crippen molar-refractivity contribution in [1.82, 2.24) is 4.90 Å². The van der Waals surface area contributed by atoms with E-state index in [-0.39, 0.29) is 11.7 Å². The van der Waals surface area contributed by atoms with E-state index in [1.54, 1.807) is 24.3 Å². The highest BCUT2D eigenvalue weighted by atomic mass is 32.2. The Kier molecular flexibility index (Phi) is 7.89. The number of nitrogens with one attached hydrogen (secondary N) is 1. The molecule has 3 N–H and O–H groups in total. The minimum absolute atomic E-state index is 0.0500. The molecule has 1 saturated heterocycles. The molecule has 1 aromatic heterocycles. The zero-order valence-corrected chi connectivity index (χ0v) is 20.4. The summed E-state index contributed by atoms with van der Waals surface area (Å²) in [6.45, 7) is 1.07. The van der Waals surface area contributed by atoms with Crippen LogP contribution in [0.15, 0.2) is 29.2 Å². The summed E-state index contributed by atoms with van der Waals surface area (Å²) in [5.41, 5.74) is 7.16. The van der Waals surface area contributed by atoms with Crippen molar-refractivity contribution >= 4 is 51.8 Å². The number of fused-ring (bicyclic) bond motifs is 1. The number of benzene rings is 1. The molecule has 0 spiro atoms. The summed E-state index contributed by atoms with van der Waals surface area (Å²) >= 11 is 2.64. The second kappa shape index (κ2) is 11.1. The van der Waals surface area contributed by atoms with Crippen molar-refractivity contribution in [2.75, 3.05) is 30.8 Å². The first-order valence-electron chi connectivity index (χ1n) is 11.3. The Morgan fingerprint density at radius 3 is 2.56 bits per heavy atom. The zero-order chi connectivity index (χ0) is 24.1. The summed E-state index contributed by atoms with van der Waals surface area (Å²) in [6.07, 6.45) is 5.70. The predicted molar refractivity (Wildman–Crippen MR) is 131 cm³/mol. The summed E-state index contributed by atoms with van der Waals surface area (Å²) in [4.78, 5) is 53.0. The lowest BCUT2D eigenvalue weighted by atomic mass is 9.95. The number of hydrogen-bond donors (Lipinski definition) is 2. The van der Waals surface area contributed by atoms with Crippen molar-refractivity contribution in [1.29, 1.82) is 0 Å². The van der Waals surface area contributed by atoms with Crippen LogP contribution in [0.2, 0.25) is 0 Å². The molecule has 34 heavy (non-hydrogen) atoms. The third-order valence-corrected chi connectivity index (χ3v) is 8.19. The Bertz CT molecular complexity index is 1110. The van der Waals surface area contributed by atoms with Gasteiger partial charge >= 0.3 is 5.97 Å². The first-order chi connectivity index (χ1) is 16.4. The molecule has 1 aromatic carbocycles. The minimum atomic E-state index is -0.646. The van der Waals surface area contributed by atoms with Gasteiger partial charge in [-0.3, -0.25) is 14.4 Å². The Labute approximate surface area is 206 Å². The van der Waals surface area contributed by atoms with Crippen LogP contribution in [0.25, 0.3) is 0 Å². The zero-order valence-electron chi connectivity index (χ0n) is 18.8. The highest BCUT2D eigenvalue weighted by Gasteiger charge is 2.25. The summed E-state index contributed by atoms with van der Waals surface area (Å²) in [7, 11) is 0. The van der Waals surface area contributed by atoms with Crippen molar-refractivity contribution in [2.24, 2.45) is 5.73 Å². The number of thiophene rings is 1. The number of primary amides is 1. The van der Waals surface area contributed by atoms with Crippen LogP contribution in [0.3, 0.4) is 0 Å². The number of carbonyl (C=O) groups excluding carboxylic acids is 4. The van der Waals surface area contributed by atoms with E-state index in [0.717, 1.165) is 62.1 Å². The SMILES string of the molecule is NC(=O)c1c(NC(=O)COC(=O)c2ccccc2SCC(=O)N2CCCC2)sc2c1CCCC2. The number of amides is 3. The fourth-order valence-electron chi connectivity index (χ4n) is 4.24. The topological polar surface area (TPSA) is 119 Å². The van der Waals surface area contributed by atoms with E-state index < -0.39 is 24.4 Å². The largest absolute Gasteiger partial charge is 0.452 e. The molecule has 3 amide bonds. The average molecular weight is 502 g/mol. The molecule has 10 heteroatoms. The molecule has 2 heterocycles. The maximum absolute atomic E-state index is 12.7. The molecule has 2 aliphatic rings. The molecule has 0 unspecified atom stereocenters. The number of nitrogens with zero attached hydrogens (tertiary/aromatic N) is 1. The fraction of sp³-hybridized carbons (Fsp3) is 0.417. The second-order valence-electron chi connectivity index (χ2n) is 8.28. The quantitative estimate of drug-likeness (QED) is 0.423. The summed E-state index contributed by atoms with van der Waals surface area (Å²) in [6, 6.07) is 6.86. The lowest BCUT2D eigenvalue weighted by Crippen LogP contribution is -2.29. The van der Waals surface area contributed by atoms with Gasteiger partial charge in [-0.2, -0.15) is 0 Å². The number of carbonyl (C=O) groups is 4. The summed E-state index contributed by atoms with van der Waals surface area (Å²) < 4.78 is 5.24. The van der Waals surface area contributed by atoms with E-state index in [4.69, 9.17) is 10.5 Å². The van der Waals surface area contributed by atoms with Crippen LogP contribution in [0, 0.1) is 0 Å². The van der Waals surface area contributed by atoms with E-state index in [0.29, 0.717) is 21.0 Å². The number of aryl methyl sites for hydroxylation is 1. The molecule has 2 aromatic rings. The van der Waals surface area contributed by atoms with Crippen molar-refractivity contribution in [3.63, 3.8) is 0 Å². The van der Waals surface area contributed by atoms with Gasteiger partial charge in [-0.25, -0.2) is 4.79 Å². The van der Waals surface area contributed by atoms with Crippen LogP contribution in [-0.2, 0) is 27.2 Å². The Balaban J connectivity index is 1.35. The molecule has 1 aliphatic heterocycles. The predicted octanol–water partition coefficient (Wildman–Crippen LogP) is 3.24. The maximum Gasteiger partial charge on any atom is 0.339 e. The van der Waals surface area contributed by atoms with E-state index in [2.05, 4.69) is 5.32 Å². The molecule has 1 fully saturated rings. The standard InChI is InChI=1S/C24H27N3O5S2/c25-22(30)21-15-7-1-4-10-18(15)34-23(21)26-19(28)13-32-24(31)16-8-2-3-9-17(16)33-14-20(29)27-11-5-6-12-27/h2-3,8-9H,1,4-7,10-14H2,(H2,25,30)(H,26,28). The highest BCUT2D eigenvalue weighted by Crippen LogP contribution is 2.37. The van der Waals surface area contributed by atoms with Crippen LogP contribution in [0.4, 0.5) is 5.00 Å². The number of thioether (sulfide) groups is 1. The summed E-state index contributed by atoms with van der Waals surface area (Å²) in [5.74, 6) is -1.46. The normalized spacial score (nSPS) is 15.0. The number of ether oxygens (including phenoxy) is 1.